The number of fused-ring (bicyclic) bond motifs is 1. The second-order valence-corrected chi connectivity index (χ2v) is 7.99. The molecule has 0 saturated carbocycles. The van der Waals surface area contributed by atoms with Crippen LogP contribution in [0.2, 0.25) is 0 Å². The van der Waals surface area contributed by atoms with E-state index < -0.39 is 0 Å². The predicted molar refractivity (Wildman–Crippen MR) is 117 cm³/mol. The van der Waals surface area contributed by atoms with Gasteiger partial charge in [0.05, 0.1) is 12.6 Å². The smallest absolute Gasteiger partial charge is 0.251 e. The predicted octanol–water partition coefficient (Wildman–Crippen LogP) is 3.64. The van der Waals surface area contributed by atoms with Crippen molar-refractivity contribution in [3.05, 3.63) is 59.2 Å². The average Bonchev–Trinajstić information content (AvgIpc) is 3.39. The van der Waals surface area contributed by atoms with Gasteiger partial charge < -0.3 is 15.0 Å². The molecule has 0 bridgehead atoms. The summed E-state index contributed by atoms with van der Waals surface area (Å²) in [5.74, 6) is 0.764. The van der Waals surface area contributed by atoms with Crippen molar-refractivity contribution in [2.45, 2.75) is 32.2 Å². The summed E-state index contributed by atoms with van der Waals surface area (Å²) in [5, 5.41) is 3.17. The van der Waals surface area contributed by atoms with E-state index in [1.807, 2.05) is 31.2 Å². The van der Waals surface area contributed by atoms with E-state index in [1.165, 1.54) is 29.7 Å². The monoisotopic (exact) mass is 393 g/mol. The van der Waals surface area contributed by atoms with E-state index in [9.17, 15) is 4.79 Å². The number of likely N-dealkylation sites (N-methyl/N-ethyl adjacent to an activating group) is 1. The number of carbonyl (C=O) groups is 1. The third kappa shape index (κ3) is 4.40. The first-order valence-electron chi connectivity index (χ1n) is 10.7. The molecule has 0 spiro atoms. The van der Waals surface area contributed by atoms with Gasteiger partial charge in [-0.05, 0) is 80.7 Å². The van der Waals surface area contributed by atoms with Crippen molar-refractivity contribution < 1.29 is 9.53 Å². The van der Waals surface area contributed by atoms with Gasteiger partial charge in [-0.25, -0.2) is 0 Å². The number of benzene rings is 2. The molecule has 2 aromatic rings. The molecule has 154 valence electrons. The largest absolute Gasteiger partial charge is 0.494 e. The highest BCUT2D eigenvalue weighted by Crippen LogP contribution is 2.32. The van der Waals surface area contributed by atoms with Crippen molar-refractivity contribution >= 4 is 11.6 Å². The van der Waals surface area contributed by atoms with Crippen LogP contribution in [-0.2, 0) is 6.42 Å². The summed E-state index contributed by atoms with van der Waals surface area (Å²) in [6.07, 6.45) is 3.57. The van der Waals surface area contributed by atoms with Gasteiger partial charge >= 0.3 is 0 Å². The first kappa shape index (κ1) is 19.8. The maximum Gasteiger partial charge on any atom is 0.251 e. The molecule has 1 atom stereocenters. The quantitative estimate of drug-likeness (QED) is 0.780. The molecule has 2 aliphatic heterocycles. The molecule has 0 aliphatic carbocycles. The Morgan fingerprint density at radius 1 is 1.10 bits per heavy atom. The Labute approximate surface area is 173 Å². The zero-order chi connectivity index (χ0) is 20.2. The Morgan fingerprint density at radius 2 is 1.86 bits per heavy atom. The minimum absolute atomic E-state index is 0.0295. The molecule has 1 fully saturated rings. The topological polar surface area (TPSA) is 44.8 Å². The number of rotatable bonds is 7. The van der Waals surface area contributed by atoms with Crippen molar-refractivity contribution in [3.63, 3.8) is 0 Å². The normalized spacial score (nSPS) is 17.2. The third-order valence-electron chi connectivity index (χ3n) is 6.08. The molecule has 1 saturated heterocycles. The van der Waals surface area contributed by atoms with Crippen molar-refractivity contribution in [2.75, 3.05) is 44.7 Å². The van der Waals surface area contributed by atoms with Gasteiger partial charge in [0.25, 0.3) is 5.91 Å². The lowest BCUT2D eigenvalue weighted by molar-refractivity contribution is 0.0938. The minimum Gasteiger partial charge on any atom is -0.494 e. The standard InChI is InChI=1S/C24H31N3O2/c1-3-29-21-9-6-18(7-10-21)24(28)25-17-23(27-13-4-5-14-27)19-8-11-22-20(16-19)12-15-26(22)2/h6-11,16,23H,3-5,12-15,17H2,1-2H3,(H,25,28)/t23-/m0/s1. The Hall–Kier alpha value is -2.53. The van der Waals surface area contributed by atoms with Crippen molar-refractivity contribution in [1.29, 1.82) is 0 Å². The molecule has 0 unspecified atom stereocenters. The Balaban J connectivity index is 1.47. The molecule has 2 aliphatic rings. The lowest BCUT2D eigenvalue weighted by Crippen LogP contribution is -2.36. The van der Waals surface area contributed by atoms with Crippen LogP contribution in [0.25, 0.3) is 0 Å². The van der Waals surface area contributed by atoms with E-state index in [1.54, 1.807) is 0 Å². The third-order valence-corrected chi connectivity index (χ3v) is 6.08. The molecule has 1 N–H and O–H groups in total. The zero-order valence-corrected chi connectivity index (χ0v) is 17.5. The van der Waals surface area contributed by atoms with Gasteiger partial charge in [0.15, 0.2) is 0 Å². The van der Waals surface area contributed by atoms with Crippen LogP contribution >= 0.6 is 0 Å². The van der Waals surface area contributed by atoms with E-state index in [2.05, 4.69) is 40.4 Å². The maximum atomic E-state index is 12.7. The van der Waals surface area contributed by atoms with Crippen molar-refractivity contribution in [3.8, 4) is 5.75 Å². The number of nitrogens with one attached hydrogen (secondary N) is 1. The van der Waals surface area contributed by atoms with Crippen LogP contribution in [-0.4, -0.2) is 50.6 Å². The zero-order valence-electron chi connectivity index (χ0n) is 17.5. The van der Waals surface area contributed by atoms with Crippen LogP contribution in [0.15, 0.2) is 42.5 Å². The van der Waals surface area contributed by atoms with Gasteiger partial charge in [0, 0.05) is 31.4 Å². The second kappa shape index (κ2) is 8.87. The summed E-state index contributed by atoms with van der Waals surface area (Å²) in [6, 6.07) is 14.4. The highest BCUT2D eigenvalue weighted by atomic mass is 16.5. The number of hydrogen-bond acceptors (Lipinski definition) is 4. The minimum atomic E-state index is -0.0295. The second-order valence-electron chi connectivity index (χ2n) is 7.99. The van der Waals surface area contributed by atoms with Crippen LogP contribution < -0.4 is 15.0 Å². The Kier molecular flexibility index (Phi) is 6.05. The molecule has 0 aromatic heterocycles. The number of hydrogen-bond donors (Lipinski definition) is 1. The molecule has 5 nitrogen and oxygen atoms in total. The van der Waals surface area contributed by atoms with Crippen molar-refractivity contribution in [2.24, 2.45) is 0 Å². The average molecular weight is 394 g/mol. The fourth-order valence-electron chi connectivity index (χ4n) is 4.47. The molecule has 1 amide bonds. The lowest BCUT2D eigenvalue weighted by atomic mass is 10.0. The molecule has 4 rings (SSSR count). The van der Waals surface area contributed by atoms with Crippen LogP contribution in [0.3, 0.4) is 0 Å². The van der Waals surface area contributed by atoms with E-state index in [4.69, 9.17) is 4.74 Å². The van der Waals surface area contributed by atoms with Crippen LogP contribution in [0.4, 0.5) is 5.69 Å². The molecule has 5 heteroatoms. The van der Waals surface area contributed by atoms with Crippen LogP contribution in [0.5, 0.6) is 5.75 Å². The Morgan fingerprint density at radius 3 is 2.59 bits per heavy atom. The first-order chi connectivity index (χ1) is 14.2. The molecular weight excluding hydrogens is 362 g/mol. The molecule has 0 radical (unpaired) electrons. The summed E-state index contributed by atoms with van der Waals surface area (Å²) in [4.78, 5) is 17.5. The highest BCUT2D eigenvalue weighted by Gasteiger charge is 2.26. The molecule has 2 heterocycles. The van der Waals surface area contributed by atoms with Crippen molar-refractivity contribution in [1.82, 2.24) is 10.2 Å². The fourth-order valence-corrected chi connectivity index (χ4v) is 4.47. The number of anilines is 1. The van der Waals surface area contributed by atoms with Crippen LogP contribution in [0.1, 0.15) is 47.3 Å². The van der Waals surface area contributed by atoms with E-state index >= 15 is 0 Å². The number of amides is 1. The molecule has 2 aromatic carbocycles. The highest BCUT2D eigenvalue weighted by molar-refractivity contribution is 5.94. The van der Waals surface area contributed by atoms with Crippen LogP contribution in [0, 0.1) is 0 Å². The summed E-state index contributed by atoms with van der Waals surface area (Å²) >= 11 is 0. The summed E-state index contributed by atoms with van der Waals surface area (Å²) in [5.41, 5.74) is 4.75. The number of ether oxygens (including phenoxy) is 1. The van der Waals surface area contributed by atoms with E-state index in [0.717, 1.165) is 31.8 Å². The first-order valence-corrected chi connectivity index (χ1v) is 10.7. The van der Waals surface area contributed by atoms with Gasteiger partial charge in [-0.3, -0.25) is 9.69 Å². The van der Waals surface area contributed by atoms with Gasteiger partial charge in [-0.15, -0.1) is 0 Å². The van der Waals surface area contributed by atoms with Gasteiger partial charge in [0.1, 0.15) is 5.75 Å². The number of likely N-dealkylation sites (tertiary alicyclic amines) is 1. The van der Waals surface area contributed by atoms with Gasteiger partial charge in [-0.1, -0.05) is 12.1 Å². The Bertz CT molecular complexity index is 844. The van der Waals surface area contributed by atoms with E-state index in [-0.39, 0.29) is 11.9 Å². The van der Waals surface area contributed by atoms with Gasteiger partial charge in [-0.2, -0.15) is 0 Å². The molecule has 29 heavy (non-hydrogen) atoms. The summed E-state index contributed by atoms with van der Waals surface area (Å²) in [7, 11) is 2.15. The summed E-state index contributed by atoms with van der Waals surface area (Å²) in [6.45, 7) is 6.49. The van der Waals surface area contributed by atoms with Gasteiger partial charge in [0.2, 0.25) is 0 Å². The number of carbonyl (C=O) groups excluding carboxylic acids is 1. The number of nitrogens with zero attached hydrogens (tertiary/aromatic N) is 2. The SMILES string of the molecule is CCOc1ccc(C(=O)NC[C@@H](c2ccc3c(c2)CCN3C)N2CCCC2)cc1. The van der Waals surface area contributed by atoms with E-state index in [0.29, 0.717) is 18.7 Å². The maximum absolute atomic E-state index is 12.7. The fraction of sp³-hybridized carbons (Fsp3) is 0.458. The summed E-state index contributed by atoms with van der Waals surface area (Å²) < 4.78 is 5.47. The lowest BCUT2D eigenvalue weighted by Gasteiger charge is -2.29. The molecular formula is C24H31N3O2.